The van der Waals surface area contributed by atoms with Crippen molar-refractivity contribution in [2.75, 3.05) is 13.2 Å². The maximum Gasteiger partial charge on any atom is 0.327 e. The molecule has 10 nitrogen and oxygen atoms in total. The van der Waals surface area contributed by atoms with Crippen molar-refractivity contribution in [3.05, 3.63) is 29.8 Å². The fraction of sp³-hybridized carbons (Fsp3) is 0.789. The van der Waals surface area contributed by atoms with E-state index in [4.69, 9.17) is 9.47 Å². The monoisotopic (exact) mass is 748 g/mol. The first-order valence-corrected chi connectivity index (χ1v) is 22.2. The van der Waals surface area contributed by atoms with Crippen LogP contribution < -0.4 is 0 Å². The van der Waals surface area contributed by atoms with Crippen LogP contribution in [0.5, 0.6) is 0 Å². The number of rotatable bonds is 30. The minimum atomic E-state index is -4.73. The minimum Gasteiger partial charge on any atom is -0.466 e. The van der Waals surface area contributed by atoms with Crippen LogP contribution in [0.4, 0.5) is 0 Å². The highest BCUT2D eigenvalue weighted by Gasteiger charge is 2.35. The zero-order chi connectivity index (χ0) is 37.5. The van der Waals surface area contributed by atoms with Gasteiger partial charge in [-0.2, -0.15) is 16.8 Å². The zero-order valence-electron chi connectivity index (χ0n) is 31.2. The van der Waals surface area contributed by atoms with Crippen LogP contribution in [-0.2, 0) is 45.7 Å². The highest BCUT2D eigenvalue weighted by atomic mass is 32.2. The highest BCUT2D eigenvalue weighted by molar-refractivity contribution is 7.87. The molecule has 0 aliphatic carbocycles. The van der Waals surface area contributed by atoms with Crippen molar-refractivity contribution in [1.29, 1.82) is 0 Å². The van der Waals surface area contributed by atoms with Gasteiger partial charge in [0.15, 0.2) is 5.25 Å². The lowest BCUT2D eigenvalue weighted by Crippen LogP contribution is -2.34. The number of ether oxygens (including phenoxy) is 2. The zero-order valence-corrected chi connectivity index (χ0v) is 32.9. The van der Waals surface area contributed by atoms with E-state index in [1.165, 1.54) is 63.9 Å². The van der Waals surface area contributed by atoms with Gasteiger partial charge in [0.05, 0.1) is 24.5 Å². The molecule has 0 radical (unpaired) electrons. The van der Waals surface area contributed by atoms with E-state index in [-0.39, 0.29) is 18.1 Å². The summed E-state index contributed by atoms with van der Waals surface area (Å²) in [4.78, 5) is 23.8. The van der Waals surface area contributed by atoms with Crippen molar-refractivity contribution in [1.82, 2.24) is 0 Å². The molecule has 12 heteroatoms. The summed E-state index contributed by atoms with van der Waals surface area (Å²) in [5.74, 6) is -1.93. The van der Waals surface area contributed by atoms with Crippen molar-refractivity contribution in [3.63, 3.8) is 0 Å². The van der Waals surface area contributed by atoms with E-state index in [9.17, 15) is 35.5 Å². The van der Waals surface area contributed by atoms with Gasteiger partial charge in [-0.1, -0.05) is 161 Å². The molecule has 50 heavy (non-hydrogen) atoms. The molecule has 0 aromatic heterocycles. The van der Waals surface area contributed by atoms with Crippen LogP contribution in [0.2, 0.25) is 0 Å². The number of hydrogen-bond donors (Lipinski definition) is 2. The van der Waals surface area contributed by atoms with Gasteiger partial charge >= 0.3 is 11.9 Å². The molecule has 1 atom stereocenters. The van der Waals surface area contributed by atoms with Gasteiger partial charge in [-0.25, -0.2) is 0 Å². The van der Waals surface area contributed by atoms with Gasteiger partial charge in [-0.3, -0.25) is 18.7 Å². The number of hydrogen-bond acceptors (Lipinski definition) is 8. The Kier molecular flexibility index (Phi) is 29.4. The van der Waals surface area contributed by atoms with Gasteiger partial charge in [-0.05, 0) is 37.3 Å². The molecule has 292 valence electrons. The number of benzene rings is 1. The molecule has 1 unspecified atom stereocenters. The van der Waals surface area contributed by atoms with E-state index in [1.54, 1.807) is 12.1 Å². The second kappa shape index (κ2) is 30.6. The molecular weight excluding hydrogens is 681 g/mol. The molecule has 0 aliphatic heterocycles. The number of esters is 2. The standard InChI is InChI=1S/C20H38O7S.C18H30O3S/c1-3-5-7-9-11-13-15-26-19(21)17-18(28(23,24)25)20(22)27-16-14-12-10-8-6-4-2;1-2-3-4-5-6-7-8-9-10-11-14-17-15-12-13-16-18(17)22(19,20)21/h18H,3-17H2,1-2H3,(H,23,24,25);12-13,15-16H,2-11,14H2,1H3,(H,19,20,21). The van der Waals surface area contributed by atoms with Crippen molar-refractivity contribution >= 4 is 32.2 Å². The van der Waals surface area contributed by atoms with Crippen molar-refractivity contribution in [3.8, 4) is 0 Å². The Bertz CT molecular complexity index is 1220. The van der Waals surface area contributed by atoms with Crippen LogP contribution in [0, 0.1) is 0 Å². The third-order valence-electron chi connectivity index (χ3n) is 8.53. The molecule has 0 saturated heterocycles. The number of aryl methyl sites for hydroxylation is 1. The Morgan fingerprint density at radius 2 is 0.980 bits per heavy atom. The molecule has 1 aromatic rings. The predicted octanol–water partition coefficient (Wildman–Crippen LogP) is 9.84. The average Bonchev–Trinajstić information content (AvgIpc) is 3.06. The van der Waals surface area contributed by atoms with E-state index in [0.29, 0.717) is 19.3 Å². The Balaban J connectivity index is 0.000000986. The Hall–Kier alpha value is -2.02. The summed E-state index contributed by atoms with van der Waals surface area (Å²) in [5.41, 5.74) is 0.726. The summed E-state index contributed by atoms with van der Waals surface area (Å²) in [5, 5.41) is -1.93. The number of unbranched alkanes of at least 4 members (excludes halogenated alkanes) is 19. The maximum absolute atomic E-state index is 12.0. The summed E-state index contributed by atoms with van der Waals surface area (Å²) in [6.07, 6.45) is 24.7. The molecule has 1 aromatic carbocycles. The molecule has 0 heterocycles. The predicted molar refractivity (Wildman–Crippen MR) is 200 cm³/mol. The van der Waals surface area contributed by atoms with Crippen LogP contribution in [-0.4, -0.2) is 56.3 Å². The average molecular weight is 749 g/mol. The summed E-state index contributed by atoms with van der Waals surface area (Å²) in [6, 6.07) is 6.73. The molecule has 0 amide bonds. The fourth-order valence-electron chi connectivity index (χ4n) is 5.50. The van der Waals surface area contributed by atoms with Gasteiger partial charge < -0.3 is 9.47 Å². The first kappa shape index (κ1) is 48.0. The quantitative estimate of drug-likeness (QED) is 0.0440. The van der Waals surface area contributed by atoms with Crippen molar-refractivity contribution < 1.29 is 45.0 Å². The first-order valence-electron chi connectivity index (χ1n) is 19.2. The van der Waals surface area contributed by atoms with E-state index < -0.39 is 43.8 Å². The van der Waals surface area contributed by atoms with E-state index >= 15 is 0 Å². The van der Waals surface area contributed by atoms with Crippen LogP contribution in [0.3, 0.4) is 0 Å². The van der Waals surface area contributed by atoms with Crippen LogP contribution in [0.25, 0.3) is 0 Å². The number of carbonyl (C=O) groups is 2. The lowest BCUT2D eigenvalue weighted by atomic mass is 10.0. The number of carbonyl (C=O) groups excluding carboxylic acids is 2. The summed E-state index contributed by atoms with van der Waals surface area (Å²) >= 11 is 0. The smallest absolute Gasteiger partial charge is 0.327 e. The second-order valence-electron chi connectivity index (χ2n) is 13.1. The van der Waals surface area contributed by atoms with Gasteiger partial charge in [0.2, 0.25) is 0 Å². The summed E-state index contributed by atoms with van der Waals surface area (Å²) in [7, 11) is -8.83. The molecule has 0 spiro atoms. The van der Waals surface area contributed by atoms with Crippen LogP contribution in [0.1, 0.15) is 174 Å². The molecule has 0 saturated carbocycles. The largest absolute Gasteiger partial charge is 0.466 e. The van der Waals surface area contributed by atoms with Crippen LogP contribution in [0.15, 0.2) is 29.2 Å². The maximum atomic E-state index is 12.0. The fourth-order valence-corrected chi connectivity index (χ4v) is 6.91. The molecular formula is C38H68O10S2. The third kappa shape index (κ3) is 26.7. The molecule has 0 aliphatic rings. The second-order valence-corrected chi connectivity index (χ2v) is 16.1. The van der Waals surface area contributed by atoms with E-state index in [2.05, 4.69) is 20.8 Å². The van der Waals surface area contributed by atoms with E-state index in [1.807, 2.05) is 6.07 Å². The Morgan fingerprint density at radius 3 is 1.42 bits per heavy atom. The Labute approximate surface area is 304 Å². The SMILES string of the molecule is CCCCCCCCCCCCc1ccccc1S(=O)(=O)O.CCCCCCCCOC(=O)CC(C(=O)OCCCCCCCC)S(=O)(=O)O. The lowest BCUT2D eigenvalue weighted by Gasteiger charge is -2.13. The molecule has 2 N–H and O–H groups in total. The lowest BCUT2D eigenvalue weighted by molar-refractivity contribution is -0.150. The van der Waals surface area contributed by atoms with Gasteiger partial charge in [0, 0.05) is 0 Å². The topological polar surface area (TPSA) is 161 Å². The molecule has 0 bridgehead atoms. The van der Waals surface area contributed by atoms with Gasteiger partial charge in [0.25, 0.3) is 20.2 Å². The Morgan fingerprint density at radius 1 is 0.580 bits per heavy atom. The first-order chi connectivity index (χ1) is 23.9. The van der Waals surface area contributed by atoms with E-state index in [0.717, 1.165) is 76.2 Å². The van der Waals surface area contributed by atoms with Gasteiger partial charge in [0.1, 0.15) is 0 Å². The normalized spacial score (nSPS) is 12.2. The highest BCUT2D eigenvalue weighted by Crippen LogP contribution is 2.19. The van der Waals surface area contributed by atoms with Crippen molar-refractivity contribution in [2.24, 2.45) is 0 Å². The van der Waals surface area contributed by atoms with Crippen molar-refractivity contribution in [2.45, 2.75) is 185 Å². The van der Waals surface area contributed by atoms with Crippen LogP contribution >= 0.6 is 0 Å². The molecule has 1 rings (SSSR count). The third-order valence-corrected chi connectivity index (χ3v) is 10.6. The molecule has 0 fully saturated rings. The summed E-state index contributed by atoms with van der Waals surface area (Å²) in [6.45, 7) is 6.74. The summed E-state index contributed by atoms with van der Waals surface area (Å²) < 4.78 is 73.8. The minimum absolute atomic E-state index is 0.0610. The van der Waals surface area contributed by atoms with Gasteiger partial charge in [-0.15, -0.1) is 0 Å².